The molecular formula is C36H32Si. The Labute approximate surface area is 221 Å². The van der Waals surface area contributed by atoms with Gasteiger partial charge in [0.25, 0.3) is 0 Å². The van der Waals surface area contributed by atoms with Gasteiger partial charge in [-0.1, -0.05) is 160 Å². The molecule has 0 amide bonds. The summed E-state index contributed by atoms with van der Waals surface area (Å²) in [6.45, 7) is 7.32. The summed E-state index contributed by atoms with van der Waals surface area (Å²) in [5, 5.41) is 9.64. The van der Waals surface area contributed by atoms with Crippen LogP contribution in [0.3, 0.4) is 0 Å². The minimum atomic E-state index is -2.49. The molecule has 0 aliphatic rings. The summed E-state index contributed by atoms with van der Waals surface area (Å²) in [4.78, 5) is 0. The average molecular weight is 493 g/mol. The topological polar surface area (TPSA) is 0 Å². The molecule has 0 spiro atoms. The molecule has 0 bridgehead atoms. The van der Waals surface area contributed by atoms with Gasteiger partial charge >= 0.3 is 0 Å². The molecule has 0 nitrogen and oxygen atoms in total. The molecule has 0 saturated carbocycles. The Morgan fingerprint density at radius 2 is 0.973 bits per heavy atom. The van der Waals surface area contributed by atoms with Gasteiger partial charge in [-0.3, -0.25) is 0 Å². The fourth-order valence-electron chi connectivity index (χ4n) is 6.36. The van der Waals surface area contributed by atoms with Gasteiger partial charge in [0.2, 0.25) is 0 Å². The molecule has 0 aliphatic heterocycles. The van der Waals surface area contributed by atoms with Crippen LogP contribution in [0.4, 0.5) is 0 Å². The van der Waals surface area contributed by atoms with Crippen LogP contribution in [0.25, 0.3) is 32.7 Å². The van der Waals surface area contributed by atoms with Gasteiger partial charge in [-0.15, -0.1) is 0 Å². The lowest BCUT2D eigenvalue weighted by Gasteiger charge is -2.45. The Balaban J connectivity index is 1.82. The smallest absolute Gasteiger partial charge is 0.0624 e. The predicted octanol–water partition coefficient (Wildman–Crippen LogP) is 7.93. The van der Waals surface area contributed by atoms with E-state index in [1.54, 1.807) is 0 Å². The number of hydrogen-bond donors (Lipinski definition) is 0. The summed E-state index contributed by atoms with van der Waals surface area (Å²) in [7, 11) is -2.49. The van der Waals surface area contributed by atoms with Crippen molar-refractivity contribution in [2.75, 3.05) is 0 Å². The summed E-state index contributed by atoms with van der Waals surface area (Å²) in [6, 6.07) is 51.9. The summed E-state index contributed by atoms with van der Waals surface area (Å²) < 4.78 is 0. The highest BCUT2D eigenvalue weighted by atomic mass is 28.3. The van der Waals surface area contributed by atoms with Crippen molar-refractivity contribution < 1.29 is 0 Å². The number of benzene rings is 6. The van der Waals surface area contributed by atoms with Crippen molar-refractivity contribution in [1.82, 2.24) is 0 Å². The molecule has 6 aromatic rings. The maximum Gasteiger partial charge on any atom is 0.153 e. The van der Waals surface area contributed by atoms with Gasteiger partial charge in [-0.2, -0.15) is 0 Å². The maximum atomic E-state index is 2.53. The van der Waals surface area contributed by atoms with E-state index < -0.39 is 8.07 Å². The Bertz CT molecular complexity index is 1640. The molecule has 0 saturated heterocycles. The van der Waals surface area contributed by atoms with Crippen LogP contribution in [-0.2, 0) is 0 Å². The third-order valence-corrected chi connectivity index (χ3v) is 13.7. The largest absolute Gasteiger partial charge is 0.153 e. The molecule has 0 unspecified atom stereocenters. The van der Waals surface area contributed by atoms with Gasteiger partial charge < -0.3 is 0 Å². The van der Waals surface area contributed by atoms with Crippen LogP contribution in [0.5, 0.6) is 0 Å². The van der Waals surface area contributed by atoms with E-state index in [1.807, 2.05) is 0 Å². The summed E-state index contributed by atoms with van der Waals surface area (Å²) in [5.41, 5.74) is 2.58. The quantitative estimate of drug-likeness (QED) is 0.133. The Morgan fingerprint density at radius 3 is 1.57 bits per heavy atom. The zero-order valence-electron chi connectivity index (χ0n) is 21.8. The van der Waals surface area contributed by atoms with Crippen LogP contribution in [-0.4, -0.2) is 8.07 Å². The zero-order valence-corrected chi connectivity index (χ0v) is 22.8. The van der Waals surface area contributed by atoms with Crippen LogP contribution < -0.4 is 15.6 Å². The monoisotopic (exact) mass is 492 g/mol. The Kier molecular flexibility index (Phi) is 5.82. The molecule has 0 aliphatic carbocycles. The first-order chi connectivity index (χ1) is 18.0. The first-order valence-electron chi connectivity index (χ1n) is 13.1. The minimum absolute atomic E-state index is 0.0297. The molecule has 0 radical (unpaired) electrons. The van der Waals surface area contributed by atoms with E-state index in [4.69, 9.17) is 0 Å². The van der Waals surface area contributed by atoms with E-state index in [0.29, 0.717) is 0 Å². The number of fused-ring (bicyclic) bond motifs is 3. The van der Waals surface area contributed by atoms with Crippen LogP contribution in [0, 0.1) is 0 Å². The van der Waals surface area contributed by atoms with Gasteiger partial charge in [0.05, 0.1) is 0 Å². The van der Waals surface area contributed by atoms with Gasteiger partial charge in [0, 0.05) is 0 Å². The molecule has 0 N–H and O–H groups in total. The van der Waals surface area contributed by atoms with Crippen molar-refractivity contribution in [1.29, 1.82) is 0 Å². The Morgan fingerprint density at radius 1 is 0.432 bits per heavy atom. The molecule has 180 valence electrons. The van der Waals surface area contributed by atoms with Crippen molar-refractivity contribution in [2.45, 2.75) is 25.8 Å². The van der Waals surface area contributed by atoms with Gasteiger partial charge in [-0.05, 0) is 53.3 Å². The number of hydrogen-bond acceptors (Lipinski definition) is 0. The SMILES string of the molecule is CC(C)(C)[Si](c1ccccc1)(c1ccccc1)c1cc(-c2ccccc2)c2ccc3ccccc3c2c1. The molecule has 37 heavy (non-hydrogen) atoms. The standard InChI is InChI=1S/C36H32Si/c1-36(2,3)37(29-18-9-5-10-19-29,30-20-11-6-12-21-30)31-25-34(27-15-7-4-8-16-27)33-24-23-28-17-13-14-22-32(28)35(33)26-31/h4-26H,1-3H3. The minimum Gasteiger partial charge on any atom is -0.0624 e. The predicted molar refractivity (Wildman–Crippen MR) is 164 cm³/mol. The molecule has 0 heterocycles. The lowest BCUT2D eigenvalue weighted by Crippen LogP contribution is -2.72. The lowest BCUT2D eigenvalue weighted by molar-refractivity contribution is 0.739. The van der Waals surface area contributed by atoms with Crippen LogP contribution >= 0.6 is 0 Å². The van der Waals surface area contributed by atoms with E-state index in [2.05, 4.69) is 160 Å². The van der Waals surface area contributed by atoms with Gasteiger partial charge in [0.1, 0.15) is 0 Å². The molecule has 0 atom stereocenters. The van der Waals surface area contributed by atoms with E-state index in [0.717, 1.165) is 0 Å². The highest BCUT2D eigenvalue weighted by Crippen LogP contribution is 2.39. The molecular weight excluding hydrogens is 460 g/mol. The van der Waals surface area contributed by atoms with E-state index in [1.165, 1.54) is 48.2 Å². The van der Waals surface area contributed by atoms with Crippen LogP contribution in [0.1, 0.15) is 20.8 Å². The summed E-state index contributed by atoms with van der Waals surface area (Å²) in [6.07, 6.45) is 0. The fraction of sp³-hybridized carbons (Fsp3) is 0.111. The van der Waals surface area contributed by atoms with Crippen molar-refractivity contribution in [3.63, 3.8) is 0 Å². The van der Waals surface area contributed by atoms with Gasteiger partial charge in [0.15, 0.2) is 8.07 Å². The average Bonchev–Trinajstić information content (AvgIpc) is 2.94. The third-order valence-electron chi connectivity index (χ3n) is 7.92. The Hall–Kier alpha value is -3.94. The maximum absolute atomic E-state index is 2.53. The van der Waals surface area contributed by atoms with Crippen molar-refractivity contribution in [3.8, 4) is 11.1 Å². The molecule has 6 aromatic carbocycles. The second-order valence-electron chi connectivity index (χ2n) is 11.0. The normalized spacial score (nSPS) is 12.2. The zero-order chi connectivity index (χ0) is 25.5. The van der Waals surface area contributed by atoms with Crippen molar-refractivity contribution in [3.05, 3.63) is 140 Å². The first-order valence-corrected chi connectivity index (χ1v) is 15.1. The summed E-state index contributed by atoms with van der Waals surface area (Å²) >= 11 is 0. The molecule has 1 heteroatoms. The first kappa shape index (κ1) is 23.5. The molecule has 0 aromatic heterocycles. The molecule has 6 rings (SSSR count). The van der Waals surface area contributed by atoms with Gasteiger partial charge in [-0.25, -0.2) is 0 Å². The summed E-state index contributed by atoms with van der Waals surface area (Å²) in [5.74, 6) is 0. The second-order valence-corrected chi connectivity index (χ2v) is 15.7. The number of rotatable bonds is 4. The van der Waals surface area contributed by atoms with E-state index >= 15 is 0 Å². The van der Waals surface area contributed by atoms with E-state index in [9.17, 15) is 0 Å². The van der Waals surface area contributed by atoms with Crippen molar-refractivity contribution in [2.24, 2.45) is 0 Å². The van der Waals surface area contributed by atoms with Crippen molar-refractivity contribution >= 4 is 45.2 Å². The fourth-order valence-corrected chi connectivity index (χ4v) is 12.1. The van der Waals surface area contributed by atoms with E-state index in [-0.39, 0.29) is 5.04 Å². The molecule has 0 fully saturated rings. The van der Waals surface area contributed by atoms with Crippen LogP contribution in [0.2, 0.25) is 5.04 Å². The highest BCUT2D eigenvalue weighted by Gasteiger charge is 2.49. The van der Waals surface area contributed by atoms with Crippen LogP contribution in [0.15, 0.2) is 140 Å². The highest BCUT2D eigenvalue weighted by molar-refractivity contribution is 7.13. The lowest BCUT2D eigenvalue weighted by atomic mass is 9.95. The third kappa shape index (κ3) is 3.82. The second kappa shape index (κ2) is 9.17.